The summed E-state index contributed by atoms with van der Waals surface area (Å²) < 4.78 is 0. The van der Waals surface area contributed by atoms with Gasteiger partial charge in [0.2, 0.25) is 0 Å². The zero-order valence-electron chi connectivity index (χ0n) is 12.4. The molecule has 3 rings (SSSR count). The van der Waals surface area contributed by atoms with Crippen LogP contribution in [0.2, 0.25) is 0 Å². The molecule has 0 saturated heterocycles. The molecule has 0 spiro atoms. The lowest BCUT2D eigenvalue weighted by molar-refractivity contribution is 0.0695. The highest BCUT2D eigenvalue weighted by molar-refractivity contribution is 5.89. The van der Waals surface area contributed by atoms with E-state index in [0.717, 1.165) is 24.8 Å². The first kappa shape index (κ1) is 15.1. The second kappa shape index (κ2) is 8.08. The summed E-state index contributed by atoms with van der Waals surface area (Å²) in [7, 11) is 0. The van der Waals surface area contributed by atoms with E-state index in [-0.39, 0.29) is 0 Å². The molecule has 0 amide bonds. The molecule has 0 atom stereocenters. The number of carboxylic acid groups (broad SMARTS) is 1. The van der Waals surface area contributed by atoms with Gasteiger partial charge in [-0.05, 0) is 42.9 Å². The van der Waals surface area contributed by atoms with Crippen LogP contribution in [0, 0.1) is 0 Å². The lowest BCUT2D eigenvalue weighted by Gasteiger charge is -2.09. The van der Waals surface area contributed by atoms with E-state index in [1.165, 1.54) is 56.9 Å². The van der Waals surface area contributed by atoms with Crippen molar-refractivity contribution in [1.82, 2.24) is 0 Å². The average Bonchev–Trinajstić information content (AvgIpc) is 2.46. The van der Waals surface area contributed by atoms with E-state index in [0.29, 0.717) is 5.56 Å². The van der Waals surface area contributed by atoms with E-state index in [4.69, 9.17) is 0 Å². The minimum absolute atomic E-state index is 0.525. The fourth-order valence-electron chi connectivity index (χ4n) is 3.08. The lowest BCUT2D eigenvalue weighted by atomic mass is 9.97. The van der Waals surface area contributed by atoms with Crippen molar-refractivity contribution in [2.45, 2.75) is 70.6 Å². The third-order valence-electron chi connectivity index (χ3n) is 4.32. The van der Waals surface area contributed by atoms with E-state index in [2.05, 4.69) is 6.07 Å². The summed E-state index contributed by atoms with van der Waals surface area (Å²) in [5.41, 5.74) is 2.72. The van der Waals surface area contributed by atoms with Gasteiger partial charge in [0.1, 0.15) is 0 Å². The molecular weight excluding hydrogens is 248 g/mol. The molecule has 0 aromatic heterocycles. The maximum Gasteiger partial charge on any atom is 0.335 e. The highest BCUT2D eigenvalue weighted by Gasteiger charge is 2.11. The van der Waals surface area contributed by atoms with Crippen LogP contribution in [0.15, 0.2) is 18.2 Å². The Labute approximate surface area is 122 Å². The number of hydrogen-bond donors (Lipinski definition) is 1. The van der Waals surface area contributed by atoms with Crippen LogP contribution in [0.3, 0.4) is 0 Å². The van der Waals surface area contributed by atoms with Crippen molar-refractivity contribution < 1.29 is 9.90 Å². The first-order valence-corrected chi connectivity index (χ1v) is 8.12. The molecule has 110 valence electrons. The molecule has 0 heterocycles. The van der Waals surface area contributed by atoms with Gasteiger partial charge in [-0.15, -0.1) is 0 Å². The van der Waals surface area contributed by atoms with Gasteiger partial charge < -0.3 is 5.11 Å². The molecule has 0 fully saturated rings. The van der Waals surface area contributed by atoms with Gasteiger partial charge >= 0.3 is 5.97 Å². The molecule has 1 aromatic carbocycles. The van der Waals surface area contributed by atoms with Gasteiger partial charge in [0.15, 0.2) is 0 Å². The van der Waals surface area contributed by atoms with Crippen LogP contribution in [-0.2, 0) is 12.8 Å². The molecule has 2 aliphatic rings. The quantitative estimate of drug-likeness (QED) is 0.783. The van der Waals surface area contributed by atoms with Crippen molar-refractivity contribution in [3.63, 3.8) is 0 Å². The van der Waals surface area contributed by atoms with Crippen molar-refractivity contribution in [2.75, 3.05) is 0 Å². The molecule has 0 saturated carbocycles. The zero-order chi connectivity index (χ0) is 14.2. The first-order valence-electron chi connectivity index (χ1n) is 8.12. The maximum atomic E-state index is 11.4. The van der Waals surface area contributed by atoms with Gasteiger partial charge in [0.25, 0.3) is 0 Å². The Morgan fingerprint density at radius 3 is 1.95 bits per heavy atom. The first-order chi connectivity index (χ1) is 9.77. The molecule has 0 aliphatic heterocycles. The Balaban J connectivity index is 2.10. The average molecular weight is 274 g/mol. The fourth-order valence-corrected chi connectivity index (χ4v) is 3.08. The standard InChI is InChI=1S/C18H26O2/c19-18(20)17-14-15-10-8-6-4-2-1-3-5-7-9-11-16(17)13-12-15/h12-14H,1-11H2,(H,19,20). The van der Waals surface area contributed by atoms with Crippen molar-refractivity contribution in [2.24, 2.45) is 0 Å². The van der Waals surface area contributed by atoms with E-state index in [1.54, 1.807) is 0 Å². The smallest absolute Gasteiger partial charge is 0.335 e. The minimum Gasteiger partial charge on any atom is -0.478 e. The molecule has 2 aliphatic carbocycles. The SMILES string of the molecule is O=C(O)c1cc2ccc1CCCCCCCCCCC2. The molecule has 0 unspecified atom stereocenters. The summed E-state index contributed by atoms with van der Waals surface area (Å²) in [6, 6.07) is 6.07. The van der Waals surface area contributed by atoms with Crippen molar-refractivity contribution >= 4 is 5.97 Å². The Bertz CT molecular complexity index is 437. The topological polar surface area (TPSA) is 37.3 Å². The summed E-state index contributed by atoms with van der Waals surface area (Å²) in [5.74, 6) is -0.772. The van der Waals surface area contributed by atoms with E-state index in [1.807, 2.05) is 12.1 Å². The Hall–Kier alpha value is -1.31. The highest BCUT2D eigenvalue weighted by Crippen LogP contribution is 2.19. The Morgan fingerprint density at radius 1 is 0.800 bits per heavy atom. The van der Waals surface area contributed by atoms with Crippen LogP contribution in [0.1, 0.15) is 79.3 Å². The van der Waals surface area contributed by atoms with Gasteiger partial charge in [-0.3, -0.25) is 0 Å². The summed E-state index contributed by atoms with van der Waals surface area (Å²) in [4.78, 5) is 11.4. The summed E-state index contributed by atoms with van der Waals surface area (Å²) in [5, 5.41) is 9.37. The molecule has 2 heteroatoms. The number of benzene rings is 1. The Morgan fingerprint density at radius 2 is 1.35 bits per heavy atom. The van der Waals surface area contributed by atoms with Crippen LogP contribution in [0.4, 0.5) is 0 Å². The third kappa shape index (κ3) is 4.66. The van der Waals surface area contributed by atoms with Crippen LogP contribution in [0.25, 0.3) is 0 Å². The van der Waals surface area contributed by atoms with Crippen LogP contribution >= 0.6 is 0 Å². The zero-order valence-corrected chi connectivity index (χ0v) is 12.4. The molecule has 0 radical (unpaired) electrons. The molecule has 1 aromatic rings. The largest absolute Gasteiger partial charge is 0.478 e. The lowest BCUT2D eigenvalue weighted by Crippen LogP contribution is -2.04. The predicted octanol–water partition coefficient (Wildman–Crippen LogP) is 4.99. The van der Waals surface area contributed by atoms with Crippen molar-refractivity contribution in [1.29, 1.82) is 0 Å². The molecule has 2 bridgehead atoms. The van der Waals surface area contributed by atoms with Gasteiger partial charge in [-0.1, -0.05) is 57.1 Å². The molecule has 20 heavy (non-hydrogen) atoms. The van der Waals surface area contributed by atoms with Gasteiger partial charge in [0.05, 0.1) is 5.56 Å². The summed E-state index contributed by atoms with van der Waals surface area (Å²) >= 11 is 0. The highest BCUT2D eigenvalue weighted by atomic mass is 16.4. The van der Waals surface area contributed by atoms with E-state index < -0.39 is 5.97 Å². The van der Waals surface area contributed by atoms with Crippen molar-refractivity contribution in [3.8, 4) is 0 Å². The Kier molecular flexibility index (Phi) is 6.10. The fraction of sp³-hybridized carbons (Fsp3) is 0.611. The number of fused-ring (bicyclic) bond motifs is 12. The molecular formula is C18H26O2. The number of aryl methyl sites for hydroxylation is 2. The third-order valence-corrected chi connectivity index (χ3v) is 4.32. The molecule has 2 nitrogen and oxygen atoms in total. The van der Waals surface area contributed by atoms with Crippen LogP contribution in [0.5, 0.6) is 0 Å². The predicted molar refractivity (Wildman–Crippen MR) is 82.4 cm³/mol. The summed E-state index contributed by atoms with van der Waals surface area (Å²) in [6.07, 6.45) is 13.4. The number of carboxylic acids is 1. The number of rotatable bonds is 1. The van der Waals surface area contributed by atoms with E-state index in [9.17, 15) is 9.90 Å². The van der Waals surface area contributed by atoms with Crippen LogP contribution < -0.4 is 0 Å². The monoisotopic (exact) mass is 274 g/mol. The van der Waals surface area contributed by atoms with Crippen molar-refractivity contribution in [3.05, 3.63) is 34.9 Å². The minimum atomic E-state index is -0.772. The second-order valence-corrected chi connectivity index (χ2v) is 5.98. The van der Waals surface area contributed by atoms with Crippen LogP contribution in [-0.4, -0.2) is 11.1 Å². The number of aromatic carboxylic acids is 1. The molecule has 1 N–H and O–H groups in total. The van der Waals surface area contributed by atoms with Gasteiger partial charge in [-0.25, -0.2) is 4.79 Å². The van der Waals surface area contributed by atoms with Gasteiger partial charge in [-0.2, -0.15) is 0 Å². The maximum absolute atomic E-state index is 11.4. The van der Waals surface area contributed by atoms with Gasteiger partial charge in [0, 0.05) is 0 Å². The number of hydrogen-bond acceptors (Lipinski definition) is 1. The number of carbonyl (C=O) groups is 1. The van der Waals surface area contributed by atoms with E-state index >= 15 is 0 Å². The second-order valence-electron chi connectivity index (χ2n) is 5.98. The summed E-state index contributed by atoms with van der Waals surface area (Å²) in [6.45, 7) is 0. The normalized spacial score (nSPS) is 18.2.